The smallest absolute Gasteiger partial charge is 0.246 e. The molecule has 3 rings (SSSR count). The zero-order valence-electron chi connectivity index (χ0n) is 12.9. The summed E-state index contributed by atoms with van der Waals surface area (Å²) >= 11 is 6.44. The molecular formula is C17H18ClN3O2. The Balaban J connectivity index is 1.82. The molecule has 120 valence electrons. The first-order chi connectivity index (χ1) is 11.2. The molecule has 0 bridgehead atoms. The van der Waals surface area contributed by atoms with Crippen LogP contribution in [0.2, 0.25) is 5.15 Å². The fourth-order valence-electron chi connectivity index (χ4n) is 2.48. The number of amides is 1. The van der Waals surface area contributed by atoms with Crippen molar-refractivity contribution in [2.24, 2.45) is 0 Å². The molecule has 0 unspecified atom stereocenters. The maximum Gasteiger partial charge on any atom is 0.246 e. The monoisotopic (exact) mass is 331 g/mol. The molecule has 2 aromatic rings. The van der Waals surface area contributed by atoms with Crippen molar-refractivity contribution in [3.63, 3.8) is 0 Å². The van der Waals surface area contributed by atoms with Gasteiger partial charge in [0.1, 0.15) is 5.15 Å². The number of ether oxygens (including phenoxy) is 1. The maximum absolute atomic E-state index is 12.2. The van der Waals surface area contributed by atoms with Gasteiger partial charge in [0.15, 0.2) is 0 Å². The van der Waals surface area contributed by atoms with Gasteiger partial charge < -0.3 is 9.64 Å². The van der Waals surface area contributed by atoms with E-state index in [1.807, 2.05) is 37.3 Å². The zero-order chi connectivity index (χ0) is 16.2. The average Bonchev–Trinajstić information content (AvgIpc) is 2.88. The van der Waals surface area contributed by atoms with E-state index in [1.165, 1.54) is 0 Å². The number of aryl methyl sites for hydroxylation is 1. The van der Waals surface area contributed by atoms with E-state index in [2.05, 4.69) is 5.10 Å². The van der Waals surface area contributed by atoms with Crippen molar-refractivity contribution in [1.82, 2.24) is 14.7 Å². The third kappa shape index (κ3) is 3.46. The third-order valence-corrected chi connectivity index (χ3v) is 4.13. The molecule has 0 aliphatic carbocycles. The molecule has 1 aromatic carbocycles. The van der Waals surface area contributed by atoms with E-state index in [4.69, 9.17) is 16.3 Å². The summed E-state index contributed by atoms with van der Waals surface area (Å²) in [5, 5.41) is 4.96. The predicted molar refractivity (Wildman–Crippen MR) is 89.7 cm³/mol. The molecule has 1 fully saturated rings. The lowest BCUT2D eigenvalue weighted by molar-refractivity contribution is -0.129. The lowest BCUT2D eigenvalue weighted by Gasteiger charge is -2.25. The molecule has 2 heterocycles. The van der Waals surface area contributed by atoms with Crippen molar-refractivity contribution in [3.05, 3.63) is 52.8 Å². The van der Waals surface area contributed by atoms with Crippen LogP contribution in [0.4, 0.5) is 0 Å². The Bertz CT molecular complexity index is 719. The van der Waals surface area contributed by atoms with Crippen molar-refractivity contribution < 1.29 is 9.53 Å². The summed E-state index contributed by atoms with van der Waals surface area (Å²) < 4.78 is 6.93. The number of morpholine rings is 1. The molecule has 0 atom stereocenters. The van der Waals surface area contributed by atoms with Gasteiger partial charge in [0.25, 0.3) is 0 Å². The van der Waals surface area contributed by atoms with Gasteiger partial charge in [-0.2, -0.15) is 5.10 Å². The third-order valence-electron chi connectivity index (χ3n) is 3.76. The van der Waals surface area contributed by atoms with E-state index < -0.39 is 0 Å². The number of aromatic nitrogens is 2. The molecule has 6 heteroatoms. The SMILES string of the molecule is Cc1nn(-c2ccccc2)c(Cl)c1/C=C/C(=O)N1CCOCC1. The summed E-state index contributed by atoms with van der Waals surface area (Å²) in [4.78, 5) is 14.0. The first-order valence-electron chi connectivity index (χ1n) is 7.52. The second-order valence-electron chi connectivity index (χ2n) is 5.31. The van der Waals surface area contributed by atoms with Gasteiger partial charge in [0.05, 0.1) is 24.6 Å². The number of carbonyl (C=O) groups excluding carboxylic acids is 1. The average molecular weight is 332 g/mol. The highest BCUT2D eigenvalue weighted by Gasteiger charge is 2.16. The first-order valence-corrected chi connectivity index (χ1v) is 7.90. The standard InChI is InChI=1S/C17H18ClN3O2/c1-13-15(7-8-16(22)20-9-11-23-12-10-20)17(18)21(19-13)14-5-3-2-4-6-14/h2-8H,9-12H2,1H3/b8-7+. The van der Waals surface area contributed by atoms with Crippen molar-refractivity contribution >= 4 is 23.6 Å². The van der Waals surface area contributed by atoms with Crippen LogP contribution in [0, 0.1) is 6.92 Å². The molecule has 5 nitrogen and oxygen atoms in total. The molecule has 0 saturated carbocycles. The van der Waals surface area contributed by atoms with Gasteiger partial charge in [-0.25, -0.2) is 4.68 Å². The van der Waals surface area contributed by atoms with Gasteiger partial charge in [-0.3, -0.25) is 4.79 Å². The second-order valence-corrected chi connectivity index (χ2v) is 5.67. The van der Waals surface area contributed by atoms with Gasteiger partial charge in [0, 0.05) is 24.7 Å². The summed E-state index contributed by atoms with van der Waals surface area (Å²) in [7, 11) is 0. The number of hydrogen-bond donors (Lipinski definition) is 0. The van der Waals surface area contributed by atoms with Crippen LogP contribution in [0.25, 0.3) is 11.8 Å². The van der Waals surface area contributed by atoms with Crippen molar-refractivity contribution in [2.45, 2.75) is 6.92 Å². The molecule has 1 aromatic heterocycles. The quantitative estimate of drug-likeness (QED) is 0.812. The van der Waals surface area contributed by atoms with Crippen LogP contribution in [-0.4, -0.2) is 46.9 Å². The molecule has 0 radical (unpaired) electrons. The minimum absolute atomic E-state index is 0.0313. The molecular weight excluding hydrogens is 314 g/mol. The van der Waals surface area contributed by atoms with Crippen LogP contribution < -0.4 is 0 Å². The Kier molecular flexibility index (Phi) is 4.79. The number of benzene rings is 1. The van der Waals surface area contributed by atoms with Gasteiger partial charge >= 0.3 is 0 Å². The normalized spacial score (nSPS) is 15.3. The van der Waals surface area contributed by atoms with E-state index in [9.17, 15) is 4.79 Å². The molecule has 1 aliphatic heterocycles. The topological polar surface area (TPSA) is 47.4 Å². The van der Waals surface area contributed by atoms with Crippen LogP contribution >= 0.6 is 11.6 Å². The lowest BCUT2D eigenvalue weighted by atomic mass is 10.2. The molecule has 0 spiro atoms. The summed E-state index contributed by atoms with van der Waals surface area (Å²) in [6.45, 7) is 4.30. The van der Waals surface area contributed by atoms with E-state index in [0.29, 0.717) is 31.5 Å². The van der Waals surface area contributed by atoms with Gasteiger partial charge in [-0.1, -0.05) is 29.8 Å². The number of para-hydroxylation sites is 1. The summed E-state index contributed by atoms with van der Waals surface area (Å²) in [5.74, 6) is -0.0313. The fraction of sp³-hybridized carbons (Fsp3) is 0.294. The van der Waals surface area contributed by atoms with Crippen molar-refractivity contribution in [3.8, 4) is 5.69 Å². The van der Waals surface area contributed by atoms with Crippen molar-refractivity contribution in [2.75, 3.05) is 26.3 Å². The zero-order valence-corrected chi connectivity index (χ0v) is 13.7. The Morgan fingerprint density at radius 2 is 1.96 bits per heavy atom. The first kappa shape index (κ1) is 15.8. The predicted octanol–water partition coefficient (Wildman–Crippen LogP) is 2.71. The van der Waals surface area contributed by atoms with E-state index in [1.54, 1.807) is 21.7 Å². The Morgan fingerprint density at radius 1 is 1.26 bits per heavy atom. The van der Waals surface area contributed by atoms with E-state index in [-0.39, 0.29) is 5.91 Å². The highest BCUT2D eigenvalue weighted by Crippen LogP contribution is 2.24. The van der Waals surface area contributed by atoms with Gasteiger partial charge in [-0.15, -0.1) is 0 Å². The summed E-state index contributed by atoms with van der Waals surface area (Å²) in [6, 6.07) is 9.67. The molecule has 1 aliphatic rings. The number of nitrogens with zero attached hydrogens (tertiary/aromatic N) is 3. The minimum Gasteiger partial charge on any atom is -0.378 e. The lowest BCUT2D eigenvalue weighted by Crippen LogP contribution is -2.39. The number of rotatable bonds is 3. The van der Waals surface area contributed by atoms with Gasteiger partial charge in [0.2, 0.25) is 5.91 Å². The minimum atomic E-state index is -0.0313. The number of halogens is 1. The highest BCUT2D eigenvalue weighted by molar-refractivity contribution is 6.31. The number of carbonyl (C=O) groups is 1. The molecule has 23 heavy (non-hydrogen) atoms. The van der Waals surface area contributed by atoms with Crippen LogP contribution in [0.5, 0.6) is 0 Å². The van der Waals surface area contributed by atoms with Crippen LogP contribution in [0.3, 0.4) is 0 Å². The summed E-state index contributed by atoms with van der Waals surface area (Å²) in [5.41, 5.74) is 2.43. The molecule has 1 saturated heterocycles. The summed E-state index contributed by atoms with van der Waals surface area (Å²) in [6.07, 6.45) is 3.29. The van der Waals surface area contributed by atoms with Gasteiger partial charge in [-0.05, 0) is 25.1 Å². The Morgan fingerprint density at radius 3 is 2.65 bits per heavy atom. The molecule has 1 amide bonds. The Labute approximate surface area is 140 Å². The maximum atomic E-state index is 12.2. The van der Waals surface area contributed by atoms with Crippen LogP contribution in [0.15, 0.2) is 36.4 Å². The number of hydrogen-bond acceptors (Lipinski definition) is 3. The largest absolute Gasteiger partial charge is 0.378 e. The van der Waals surface area contributed by atoms with E-state index in [0.717, 1.165) is 16.9 Å². The van der Waals surface area contributed by atoms with E-state index >= 15 is 0 Å². The molecule has 0 N–H and O–H groups in total. The van der Waals surface area contributed by atoms with Crippen molar-refractivity contribution in [1.29, 1.82) is 0 Å². The van der Waals surface area contributed by atoms with Crippen LogP contribution in [0.1, 0.15) is 11.3 Å². The Hall–Kier alpha value is -2.11. The van der Waals surface area contributed by atoms with Crippen LogP contribution in [-0.2, 0) is 9.53 Å². The highest BCUT2D eigenvalue weighted by atomic mass is 35.5. The second kappa shape index (κ2) is 6.98. The fourth-order valence-corrected chi connectivity index (χ4v) is 2.82.